The number of aryl methyl sites for hydroxylation is 1. The van der Waals surface area contributed by atoms with Crippen molar-refractivity contribution in [3.05, 3.63) is 12.7 Å². The minimum atomic E-state index is 0.742. The van der Waals surface area contributed by atoms with Crippen LogP contribution in [0.4, 0.5) is 0 Å². The van der Waals surface area contributed by atoms with Crippen molar-refractivity contribution in [1.29, 1.82) is 0 Å². The molecular formula is C15H28N6S. The second-order valence-electron chi connectivity index (χ2n) is 5.49. The molecule has 1 aromatic rings. The van der Waals surface area contributed by atoms with Gasteiger partial charge in [-0.3, -0.25) is 4.99 Å². The van der Waals surface area contributed by atoms with E-state index in [4.69, 9.17) is 4.99 Å². The van der Waals surface area contributed by atoms with Crippen molar-refractivity contribution in [3.63, 3.8) is 0 Å². The van der Waals surface area contributed by atoms with Gasteiger partial charge in [0.05, 0.1) is 0 Å². The number of nitrogens with one attached hydrogen (secondary N) is 1. The third kappa shape index (κ3) is 5.51. The molecule has 6 nitrogen and oxygen atoms in total. The van der Waals surface area contributed by atoms with E-state index in [9.17, 15) is 0 Å². The molecule has 1 aliphatic rings. The predicted molar refractivity (Wildman–Crippen MR) is 93.3 cm³/mol. The Balaban J connectivity index is 1.76. The van der Waals surface area contributed by atoms with Crippen molar-refractivity contribution in [3.8, 4) is 0 Å². The summed E-state index contributed by atoms with van der Waals surface area (Å²) in [7, 11) is 0. The van der Waals surface area contributed by atoms with Crippen molar-refractivity contribution in [1.82, 2.24) is 25.0 Å². The normalized spacial score (nSPS) is 19.5. The molecule has 22 heavy (non-hydrogen) atoms. The summed E-state index contributed by atoms with van der Waals surface area (Å²) in [6, 6.07) is 0. The van der Waals surface area contributed by atoms with E-state index in [0.29, 0.717) is 0 Å². The average Bonchev–Trinajstić information content (AvgIpc) is 3.07. The maximum Gasteiger partial charge on any atom is 0.193 e. The molecule has 124 valence electrons. The minimum Gasteiger partial charge on any atom is -0.357 e. The lowest BCUT2D eigenvalue weighted by molar-refractivity contribution is 0.408. The van der Waals surface area contributed by atoms with E-state index in [0.717, 1.165) is 56.8 Å². The number of aromatic nitrogens is 3. The molecule has 1 atom stereocenters. The van der Waals surface area contributed by atoms with Crippen molar-refractivity contribution in [2.45, 2.75) is 44.9 Å². The molecular weight excluding hydrogens is 296 g/mol. The summed E-state index contributed by atoms with van der Waals surface area (Å²) in [6.45, 7) is 9.41. The highest BCUT2D eigenvalue weighted by Gasteiger charge is 2.21. The van der Waals surface area contributed by atoms with Gasteiger partial charge >= 0.3 is 0 Å². The second kappa shape index (κ2) is 9.71. The van der Waals surface area contributed by atoms with Crippen molar-refractivity contribution < 1.29 is 0 Å². The quantitative estimate of drug-likeness (QED) is 0.471. The molecule has 1 unspecified atom stereocenters. The fourth-order valence-electron chi connectivity index (χ4n) is 2.51. The highest BCUT2D eigenvalue weighted by atomic mass is 32.2. The molecule has 2 heterocycles. The molecule has 2 rings (SSSR count). The number of hydrogen-bond acceptors (Lipinski definition) is 4. The number of nitrogens with zero attached hydrogens (tertiary/aromatic N) is 5. The maximum absolute atomic E-state index is 4.81. The van der Waals surface area contributed by atoms with Gasteiger partial charge in [0.1, 0.15) is 12.7 Å². The van der Waals surface area contributed by atoms with E-state index in [-0.39, 0.29) is 0 Å². The van der Waals surface area contributed by atoms with Gasteiger partial charge in [-0.2, -0.15) is 11.8 Å². The zero-order valence-electron chi connectivity index (χ0n) is 13.7. The van der Waals surface area contributed by atoms with E-state index >= 15 is 0 Å². The van der Waals surface area contributed by atoms with Crippen molar-refractivity contribution >= 4 is 17.7 Å². The summed E-state index contributed by atoms with van der Waals surface area (Å²) < 4.78 is 2.02. The molecule has 1 aromatic heterocycles. The van der Waals surface area contributed by atoms with Crippen molar-refractivity contribution in [2.75, 3.05) is 31.9 Å². The van der Waals surface area contributed by atoms with E-state index in [1.807, 2.05) is 4.57 Å². The number of thioether (sulfide) groups is 1. The fraction of sp³-hybridized carbons (Fsp3) is 0.800. The summed E-state index contributed by atoms with van der Waals surface area (Å²) in [5.74, 6) is 2.29. The van der Waals surface area contributed by atoms with Gasteiger partial charge in [0.2, 0.25) is 0 Å². The number of hydrogen-bond donors (Lipinski definition) is 1. The van der Waals surface area contributed by atoms with Crippen LogP contribution in [0.25, 0.3) is 0 Å². The SMILES string of the molecule is CCNC(=NCCCCn1cnnc1)N1CCSC(CC)C1. The fourth-order valence-corrected chi connectivity index (χ4v) is 3.69. The molecule has 0 aliphatic carbocycles. The van der Waals surface area contributed by atoms with Crippen LogP contribution in [0.15, 0.2) is 17.6 Å². The molecule has 0 spiro atoms. The van der Waals surface area contributed by atoms with Crippen LogP contribution in [-0.2, 0) is 6.54 Å². The largest absolute Gasteiger partial charge is 0.357 e. The molecule has 1 fully saturated rings. The van der Waals surface area contributed by atoms with Gasteiger partial charge < -0.3 is 14.8 Å². The van der Waals surface area contributed by atoms with E-state index in [1.165, 1.54) is 12.2 Å². The topological polar surface area (TPSA) is 58.3 Å². The van der Waals surface area contributed by atoms with Crippen LogP contribution < -0.4 is 5.32 Å². The minimum absolute atomic E-state index is 0.742. The summed E-state index contributed by atoms with van der Waals surface area (Å²) >= 11 is 2.09. The summed E-state index contributed by atoms with van der Waals surface area (Å²) in [5, 5.41) is 11.8. The Kier molecular flexibility index (Phi) is 7.56. The van der Waals surface area contributed by atoms with Crippen LogP contribution in [0, 0.1) is 0 Å². The lowest BCUT2D eigenvalue weighted by atomic mass is 10.3. The number of unbranched alkanes of at least 4 members (excludes halogenated alkanes) is 1. The van der Waals surface area contributed by atoms with E-state index < -0.39 is 0 Å². The average molecular weight is 324 g/mol. The Hall–Kier alpha value is -1.24. The molecule has 0 aromatic carbocycles. The Morgan fingerprint density at radius 2 is 2.14 bits per heavy atom. The molecule has 0 saturated carbocycles. The molecule has 7 heteroatoms. The maximum atomic E-state index is 4.81. The highest BCUT2D eigenvalue weighted by molar-refractivity contribution is 8.00. The lowest BCUT2D eigenvalue weighted by Gasteiger charge is -2.34. The highest BCUT2D eigenvalue weighted by Crippen LogP contribution is 2.21. The number of aliphatic imine (C=N–C) groups is 1. The van der Waals surface area contributed by atoms with Crippen LogP contribution in [0.2, 0.25) is 0 Å². The van der Waals surface area contributed by atoms with Gasteiger partial charge in [-0.15, -0.1) is 10.2 Å². The summed E-state index contributed by atoms with van der Waals surface area (Å²) in [5.41, 5.74) is 0. The Labute approximate surface area is 137 Å². The molecule has 0 radical (unpaired) electrons. The molecule has 1 saturated heterocycles. The lowest BCUT2D eigenvalue weighted by Crippen LogP contribution is -2.48. The first-order valence-corrected chi connectivity index (χ1v) is 9.35. The van der Waals surface area contributed by atoms with E-state index in [2.05, 4.69) is 46.0 Å². The molecule has 1 aliphatic heterocycles. The van der Waals surface area contributed by atoms with Crippen LogP contribution in [-0.4, -0.2) is 62.8 Å². The Bertz CT molecular complexity index is 433. The van der Waals surface area contributed by atoms with Gasteiger partial charge in [0, 0.05) is 43.7 Å². The third-order valence-electron chi connectivity index (χ3n) is 3.78. The van der Waals surface area contributed by atoms with Gasteiger partial charge in [-0.25, -0.2) is 0 Å². The first-order chi connectivity index (χ1) is 10.8. The van der Waals surface area contributed by atoms with Gasteiger partial charge in [-0.1, -0.05) is 6.92 Å². The van der Waals surface area contributed by atoms with Crippen LogP contribution >= 0.6 is 11.8 Å². The van der Waals surface area contributed by atoms with Crippen molar-refractivity contribution in [2.24, 2.45) is 4.99 Å². The summed E-state index contributed by atoms with van der Waals surface area (Å²) in [6.07, 6.45) is 6.97. The Morgan fingerprint density at radius 3 is 2.86 bits per heavy atom. The molecule has 1 N–H and O–H groups in total. The van der Waals surface area contributed by atoms with Gasteiger partial charge in [-0.05, 0) is 26.2 Å². The number of rotatable bonds is 7. The van der Waals surface area contributed by atoms with Crippen LogP contribution in [0.5, 0.6) is 0 Å². The zero-order valence-corrected chi connectivity index (χ0v) is 14.6. The van der Waals surface area contributed by atoms with Gasteiger partial charge in [0.15, 0.2) is 5.96 Å². The number of guanidine groups is 1. The van der Waals surface area contributed by atoms with Crippen LogP contribution in [0.3, 0.4) is 0 Å². The monoisotopic (exact) mass is 324 g/mol. The first kappa shape index (κ1) is 17.1. The Morgan fingerprint density at radius 1 is 1.32 bits per heavy atom. The second-order valence-corrected chi connectivity index (χ2v) is 6.90. The first-order valence-electron chi connectivity index (χ1n) is 8.30. The van der Waals surface area contributed by atoms with E-state index in [1.54, 1.807) is 12.7 Å². The molecule has 0 bridgehead atoms. The molecule has 0 amide bonds. The standard InChI is InChI=1S/C15H28N6S/c1-3-14-11-21(9-10-22-14)15(16-4-2)17-7-5-6-8-20-12-18-19-13-20/h12-14H,3-11H2,1-2H3,(H,16,17). The van der Waals surface area contributed by atoms with Crippen LogP contribution in [0.1, 0.15) is 33.1 Å². The predicted octanol–water partition coefficient (Wildman–Crippen LogP) is 1.85. The third-order valence-corrected chi connectivity index (χ3v) is 5.15. The van der Waals surface area contributed by atoms with Gasteiger partial charge in [0.25, 0.3) is 0 Å². The summed E-state index contributed by atoms with van der Waals surface area (Å²) in [4.78, 5) is 7.23. The smallest absolute Gasteiger partial charge is 0.193 e. The zero-order chi connectivity index (χ0) is 15.6.